The quantitative estimate of drug-likeness (QED) is 0.706. The Labute approximate surface area is 121 Å². The van der Waals surface area contributed by atoms with E-state index in [1.54, 1.807) is 30.3 Å². The van der Waals surface area contributed by atoms with Gasteiger partial charge in [0.15, 0.2) is 0 Å². The molecule has 2 aromatic rings. The summed E-state index contributed by atoms with van der Waals surface area (Å²) >= 11 is 11.8. The molecule has 19 heavy (non-hydrogen) atoms. The van der Waals surface area contributed by atoms with Gasteiger partial charge < -0.3 is 5.11 Å². The summed E-state index contributed by atoms with van der Waals surface area (Å²) in [5, 5.41) is 18.9. The number of phenols is 1. The maximum atomic E-state index is 9.68. The monoisotopic (exact) mass is 294 g/mol. The number of benzene rings is 2. The third kappa shape index (κ3) is 3.25. The maximum Gasteiger partial charge on any atom is 0.121 e. The van der Waals surface area contributed by atoms with Crippen LogP contribution in [0.1, 0.15) is 11.1 Å². The molecule has 0 amide bonds. The van der Waals surface area contributed by atoms with Crippen molar-refractivity contribution in [1.82, 2.24) is 0 Å². The van der Waals surface area contributed by atoms with Gasteiger partial charge in [0.25, 0.3) is 0 Å². The lowest BCUT2D eigenvalue weighted by molar-refractivity contribution is 0.467. The number of hydrogen-bond acceptors (Lipinski definition) is 3. The molecular formula is C14H12Cl2N2O. The van der Waals surface area contributed by atoms with Gasteiger partial charge in [0.1, 0.15) is 11.4 Å². The van der Waals surface area contributed by atoms with Gasteiger partial charge in [-0.1, -0.05) is 23.2 Å². The number of aromatic hydroxyl groups is 1. The van der Waals surface area contributed by atoms with Crippen LogP contribution in [-0.4, -0.2) is 5.11 Å². The van der Waals surface area contributed by atoms with Crippen molar-refractivity contribution in [2.75, 3.05) is 0 Å². The average molecular weight is 295 g/mol. The largest absolute Gasteiger partial charge is 0.507 e. The molecule has 0 spiro atoms. The Hall–Kier alpha value is -1.58. The molecule has 1 N–H and O–H groups in total. The fraction of sp³-hybridized carbons (Fsp3) is 0.143. The summed E-state index contributed by atoms with van der Waals surface area (Å²) in [7, 11) is 0. The highest BCUT2D eigenvalue weighted by molar-refractivity contribution is 6.36. The Bertz CT molecular complexity index is 631. The van der Waals surface area contributed by atoms with Gasteiger partial charge in [-0.15, -0.1) is 5.11 Å². The normalized spacial score (nSPS) is 11.2. The third-order valence-electron chi connectivity index (χ3n) is 2.66. The first-order valence-electron chi connectivity index (χ1n) is 5.64. The lowest BCUT2D eigenvalue weighted by Crippen LogP contribution is -1.79. The number of azo groups is 1. The zero-order valence-electron chi connectivity index (χ0n) is 10.5. The van der Waals surface area contributed by atoms with E-state index in [2.05, 4.69) is 10.2 Å². The second-order valence-corrected chi connectivity index (χ2v) is 5.07. The predicted molar refractivity (Wildman–Crippen MR) is 78.2 cm³/mol. The number of hydrogen-bond donors (Lipinski definition) is 1. The molecule has 0 saturated heterocycles. The van der Waals surface area contributed by atoms with Crippen molar-refractivity contribution < 1.29 is 5.11 Å². The van der Waals surface area contributed by atoms with E-state index >= 15 is 0 Å². The molecule has 2 rings (SSSR count). The molecule has 0 bridgehead atoms. The van der Waals surface area contributed by atoms with Crippen molar-refractivity contribution in [3.05, 3.63) is 51.5 Å². The van der Waals surface area contributed by atoms with Gasteiger partial charge >= 0.3 is 0 Å². The highest BCUT2D eigenvalue weighted by Crippen LogP contribution is 2.31. The molecule has 5 heteroatoms. The Balaban J connectivity index is 2.32. The van der Waals surface area contributed by atoms with Crippen LogP contribution >= 0.6 is 23.2 Å². The molecule has 0 unspecified atom stereocenters. The molecule has 3 nitrogen and oxygen atoms in total. The van der Waals surface area contributed by atoms with Gasteiger partial charge in [0, 0.05) is 5.02 Å². The zero-order valence-corrected chi connectivity index (χ0v) is 12.0. The number of phenolic OH excluding ortho intramolecular Hbond substituents is 1. The summed E-state index contributed by atoms with van der Waals surface area (Å²) in [6.07, 6.45) is 0. The molecule has 0 aliphatic rings. The smallest absolute Gasteiger partial charge is 0.121 e. The number of nitrogens with zero attached hydrogens (tertiary/aromatic N) is 2. The van der Waals surface area contributed by atoms with Crippen LogP contribution in [0, 0.1) is 13.8 Å². The topological polar surface area (TPSA) is 45.0 Å². The molecule has 0 heterocycles. The van der Waals surface area contributed by atoms with E-state index in [1.807, 2.05) is 13.8 Å². The first kappa shape index (κ1) is 13.8. The number of halogens is 2. The summed E-state index contributed by atoms with van der Waals surface area (Å²) in [5.41, 5.74) is 2.74. The van der Waals surface area contributed by atoms with Crippen molar-refractivity contribution in [3.63, 3.8) is 0 Å². The molecule has 0 radical (unpaired) electrons. The molecule has 2 aromatic carbocycles. The minimum atomic E-state index is 0.281. The van der Waals surface area contributed by atoms with Crippen molar-refractivity contribution in [1.29, 1.82) is 0 Å². The maximum absolute atomic E-state index is 9.68. The lowest BCUT2D eigenvalue weighted by Gasteiger charge is -2.03. The van der Waals surface area contributed by atoms with E-state index < -0.39 is 0 Å². The van der Waals surface area contributed by atoms with E-state index in [0.29, 0.717) is 21.4 Å². The van der Waals surface area contributed by atoms with Gasteiger partial charge in [-0.3, -0.25) is 0 Å². The van der Waals surface area contributed by atoms with E-state index in [1.165, 1.54) is 0 Å². The molecule has 0 fully saturated rings. The lowest BCUT2D eigenvalue weighted by atomic mass is 10.1. The van der Waals surface area contributed by atoms with Gasteiger partial charge in [-0.2, -0.15) is 5.11 Å². The molecule has 98 valence electrons. The Morgan fingerprint density at radius 3 is 2.16 bits per heavy atom. The molecule has 0 atom stereocenters. The predicted octanol–water partition coefficient (Wildman–Crippen LogP) is 5.73. The van der Waals surface area contributed by atoms with Crippen LogP contribution in [0.3, 0.4) is 0 Å². The number of aryl methyl sites for hydroxylation is 2. The second-order valence-electron chi connectivity index (χ2n) is 4.22. The first-order valence-corrected chi connectivity index (χ1v) is 6.40. The summed E-state index contributed by atoms with van der Waals surface area (Å²) in [6.45, 7) is 3.63. The second kappa shape index (κ2) is 5.59. The number of rotatable bonds is 2. The Kier molecular flexibility index (Phi) is 4.08. The van der Waals surface area contributed by atoms with Crippen LogP contribution in [0.25, 0.3) is 0 Å². The van der Waals surface area contributed by atoms with Crippen LogP contribution in [0.5, 0.6) is 5.75 Å². The highest BCUT2D eigenvalue weighted by Gasteiger charge is 2.03. The molecule has 0 aromatic heterocycles. The summed E-state index contributed by atoms with van der Waals surface area (Å²) < 4.78 is 0. The molecular weight excluding hydrogens is 283 g/mol. The van der Waals surface area contributed by atoms with Crippen molar-refractivity contribution in [3.8, 4) is 5.75 Å². The Morgan fingerprint density at radius 1 is 0.947 bits per heavy atom. The van der Waals surface area contributed by atoms with Crippen molar-refractivity contribution in [2.24, 2.45) is 10.2 Å². The minimum absolute atomic E-state index is 0.281. The van der Waals surface area contributed by atoms with E-state index in [9.17, 15) is 5.11 Å². The fourth-order valence-electron chi connectivity index (χ4n) is 1.66. The summed E-state index contributed by atoms with van der Waals surface area (Å²) in [4.78, 5) is 0. The van der Waals surface area contributed by atoms with E-state index in [0.717, 1.165) is 11.1 Å². The van der Waals surface area contributed by atoms with Crippen molar-refractivity contribution >= 4 is 34.6 Å². The zero-order chi connectivity index (χ0) is 14.0. The van der Waals surface area contributed by atoms with Gasteiger partial charge in [-0.25, -0.2) is 0 Å². The van der Waals surface area contributed by atoms with Gasteiger partial charge in [-0.05, 0) is 55.3 Å². The van der Waals surface area contributed by atoms with E-state index in [4.69, 9.17) is 23.2 Å². The Morgan fingerprint density at radius 2 is 1.58 bits per heavy atom. The van der Waals surface area contributed by atoms with Crippen LogP contribution in [0.15, 0.2) is 40.6 Å². The minimum Gasteiger partial charge on any atom is -0.507 e. The molecule has 0 aliphatic carbocycles. The standard InChI is InChI=1S/C14H12Cl2N2O/c1-8-5-11(6-9(2)14(8)19)17-18-13-4-3-10(15)7-12(13)16/h3-7,19H,1-2H3. The molecule has 0 aliphatic heterocycles. The van der Waals surface area contributed by atoms with Crippen LogP contribution in [-0.2, 0) is 0 Å². The SMILES string of the molecule is Cc1cc(N=Nc2ccc(Cl)cc2Cl)cc(C)c1O. The first-order chi connectivity index (χ1) is 8.97. The van der Waals surface area contributed by atoms with Crippen LogP contribution in [0.2, 0.25) is 10.0 Å². The molecule has 0 saturated carbocycles. The van der Waals surface area contributed by atoms with Crippen LogP contribution in [0.4, 0.5) is 11.4 Å². The third-order valence-corrected chi connectivity index (χ3v) is 3.20. The average Bonchev–Trinajstić information content (AvgIpc) is 2.34. The fourth-order valence-corrected chi connectivity index (χ4v) is 2.11. The summed E-state index contributed by atoms with van der Waals surface area (Å²) in [5.74, 6) is 0.281. The van der Waals surface area contributed by atoms with E-state index in [-0.39, 0.29) is 5.75 Å². The van der Waals surface area contributed by atoms with Crippen molar-refractivity contribution in [2.45, 2.75) is 13.8 Å². The van der Waals surface area contributed by atoms with Gasteiger partial charge in [0.05, 0.1) is 10.7 Å². The van der Waals surface area contributed by atoms with Crippen LogP contribution < -0.4 is 0 Å². The highest BCUT2D eigenvalue weighted by atomic mass is 35.5. The summed E-state index contributed by atoms with van der Waals surface area (Å²) in [6, 6.07) is 8.54. The van der Waals surface area contributed by atoms with Gasteiger partial charge in [0.2, 0.25) is 0 Å².